The summed E-state index contributed by atoms with van der Waals surface area (Å²) in [6, 6.07) is 88.5. The smallest absolute Gasteiger partial charge is 0.164 e. The summed E-state index contributed by atoms with van der Waals surface area (Å²) >= 11 is 3.61. The zero-order valence-corrected chi connectivity index (χ0v) is 42.3. The maximum atomic E-state index is 5.01. The quantitative estimate of drug-likeness (QED) is 0.139. The van der Waals surface area contributed by atoms with Crippen molar-refractivity contribution in [3.63, 3.8) is 0 Å². The van der Waals surface area contributed by atoms with E-state index in [2.05, 4.69) is 143 Å². The van der Waals surface area contributed by atoms with Gasteiger partial charge in [-0.25, -0.2) is 29.9 Å². The first kappa shape index (κ1) is 45.2. The lowest BCUT2D eigenvalue weighted by Crippen LogP contribution is -2.15. The second kappa shape index (κ2) is 19.4. The molecule has 0 saturated heterocycles. The van der Waals surface area contributed by atoms with Crippen molar-refractivity contribution in [3.8, 4) is 79.5 Å². The van der Waals surface area contributed by atoms with Gasteiger partial charge in [-0.05, 0) is 108 Å². The maximum absolute atomic E-state index is 5.01. The Hall–Kier alpha value is -9.48. The molecule has 0 fully saturated rings. The fourth-order valence-corrected chi connectivity index (χ4v) is 12.0. The van der Waals surface area contributed by atoms with Crippen molar-refractivity contribution < 1.29 is 0 Å². The van der Waals surface area contributed by atoms with Gasteiger partial charge in [-0.2, -0.15) is 0 Å². The molecule has 0 aliphatic carbocycles. The summed E-state index contributed by atoms with van der Waals surface area (Å²) in [5.41, 5.74) is 14.4. The molecule has 76 heavy (non-hydrogen) atoms. The fourth-order valence-electron chi connectivity index (χ4n) is 9.82. The lowest BCUT2D eigenvalue weighted by atomic mass is 10.0. The van der Waals surface area contributed by atoms with E-state index in [1.54, 1.807) is 23.5 Å². The van der Waals surface area contributed by atoms with Crippen LogP contribution in [0.15, 0.2) is 274 Å². The van der Waals surface area contributed by atoms with Crippen LogP contribution in [0.5, 0.6) is 0 Å². The van der Waals surface area contributed by atoms with E-state index in [9.17, 15) is 0 Å². The average molecular weight is 1010 g/mol. The van der Waals surface area contributed by atoms with Gasteiger partial charge in [-0.3, -0.25) is 0 Å². The molecule has 0 bridgehead atoms. The highest BCUT2D eigenvalue weighted by atomic mass is 32.2. The van der Waals surface area contributed by atoms with Gasteiger partial charge < -0.3 is 9.80 Å². The molecule has 4 heterocycles. The van der Waals surface area contributed by atoms with Crippen molar-refractivity contribution >= 4 is 57.6 Å². The number of rotatable bonds is 9. The van der Waals surface area contributed by atoms with Crippen molar-refractivity contribution in [2.75, 3.05) is 9.80 Å². The first-order valence-corrected chi connectivity index (χ1v) is 26.6. The molecule has 0 N–H and O–H groups in total. The molecule has 0 atom stereocenters. The maximum Gasteiger partial charge on any atom is 0.164 e. The predicted molar refractivity (Wildman–Crippen MR) is 309 cm³/mol. The van der Waals surface area contributed by atoms with Crippen molar-refractivity contribution in [2.45, 2.75) is 19.6 Å². The van der Waals surface area contributed by atoms with Crippen LogP contribution in [0.3, 0.4) is 0 Å². The van der Waals surface area contributed by atoms with Gasteiger partial charge in [0.15, 0.2) is 34.9 Å². The van der Waals surface area contributed by atoms with E-state index in [1.807, 2.05) is 121 Å². The Kier molecular flexibility index (Phi) is 11.5. The van der Waals surface area contributed by atoms with E-state index < -0.39 is 0 Å². The summed E-state index contributed by atoms with van der Waals surface area (Å²) in [4.78, 5) is 39.3. The Bertz CT molecular complexity index is 3990. The highest BCUT2D eigenvalue weighted by Crippen LogP contribution is 2.55. The molecular weight excluding hydrogens is 969 g/mol. The lowest BCUT2D eigenvalue weighted by Gasteiger charge is -2.34. The van der Waals surface area contributed by atoms with Crippen molar-refractivity contribution in [1.82, 2.24) is 29.9 Å². The molecule has 2 aliphatic rings. The van der Waals surface area contributed by atoms with Crippen LogP contribution < -0.4 is 9.80 Å². The first-order chi connectivity index (χ1) is 37.6. The summed E-state index contributed by atoms with van der Waals surface area (Å²) in [5.74, 6) is 3.79. The summed E-state index contributed by atoms with van der Waals surface area (Å²) in [6.07, 6.45) is 0. The van der Waals surface area contributed by atoms with E-state index in [1.165, 1.54) is 19.6 Å². The molecule has 2 aromatic heterocycles. The number of aromatic nitrogens is 6. The Labute approximate surface area is 448 Å². The van der Waals surface area contributed by atoms with Gasteiger partial charge in [0.05, 0.1) is 22.7 Å². The first-order valence-electron chi connectivity index (χ1n) is 25.0. The summed E-state index contributed by atoms with van der Waals surface area (Å²) in [6.45, 7) is 0. The minimum Gasteiger partial charge on any atom is -0.308 e. The number of fused-ring (bicyclic) bond motifs is 4. The third kappa shape index (κ3) is 8.55. The third-order valence-corrected chi connectivity index (χ3v) is 15.8. The normalized spacial score (nSPS) is 12.3. The zero-order valence-electron chi connectivity index (χ0n) is 40.6. The zero-order chi connectivity index (χ0) is 50.4. The highest BCUT2D eigenvalue weighted by molar-refractivity contribution is 8.00. The molecule has 10 heteroatoms. The van der Waals surface area contributed by atoms with Gasteiger partial charge in [-0.1, -0.05) is 181 Å². The number of anilines is 6. The van der Waals surface area contributed by atoms with E-state index in [-0.39, 0.29) is 0 Å². The van der Waals surface area contributed by atoms with E-state index in [4.69, 9.17) is 29.9 Å². The molecule has 8 nitrogen and oxygen atoms in total. The number of para-hydroxylation sites is 2. The van der Waals surface area contributed by atoms with Crippen molar-refractivity contribution in [2.24, 2.45) is 0 Å². The number of benzene rings is 10. The van der Waals surface area contributed by atoms with Crippen LogP contribution >= 0.6 is 23.5 Å². The summed E-state index contributed by atoms with van der Waals surface area (Å²) in [5, 5.41) is 0. The SMILES string of the molecule is c1ccc(-c2nc(-c3ccccc3)nc(-c3ccc(N4c5ccccc5Sc5cc(-c6ccc7c(c6)N(c6ccc(-c8nc(-c9ccccc9)nc(-c9ccccc9)n8)cc6)c6ccccc6S7)ccc54)cc3)n2)cc1. The largest absolute Gasteiger partial charge is 0.308 e. The van der Waals surface area contributed by atoms with Crippen LogP contribution in [0.4, 0.5) is 34.1 Å². The van der Waals surface area contributed by atoms with E-state index >= 15 is 0 Å². The second-order valence-corrected chi connectivity index (χ2v) is 20.5. The third-order valence-electron chi connectivity index (χ3n) is 13.6. The van der Waals surface area contributed by atoms with Crippen LogP contribution in [-0.4, -0.2) is 29.9 Å². The molecule has 14 rings (SSSR count). The second-order valence-electron chi connectivity index (χ2n) is 18.3. The van der Waals surface area contributed by atoms with Crippen LogP contribution in [0.1, 0.15) is 0 Å². The van der Waals surface area contributed by atoms with Crippen molar-refractivity contribution in [1.29, 1.82) is 0 Å². The monoisotopic (exact) mass is 1010 g/mol. The van der Waals surface area contributed by atoms with Crippen molar-refractivity contribution in [3.05, 3.63) is 255 Å². The molecule has 2 aliphatic heterocycles. The predicted octanol–water partition coefficient (Wildman–Crippen LogP) is 17.6. The van der Waals surface area contributed by atoms with Crippen LogP contribution in [0.25, 0.3) is 79.5 Å². The Morgan fingerprint density at radius 3 is 0.921 bits per heavy atom. The summed E-state index contributed by atoms with van der Waals surface area (Å²) in [7, 11) is 0. The molecule has 358 valence electrons. The van der Waals surface area contributed by atoms with Gasteiger partial charge in [0.1, 0.15) is 0 Å². The fraction of sp³-hybridized carbons (Fsp3) is 0. The number of nitrogens with zero attached hydrogens (tertiary/aromatic N) is 8. The molecule has 0 amide bonds. The molecule has 0 spiro atoms. The highest BCUT2D eigenvalue weighted by Gasteiger charge is 2.28. The molecule has 10 aromatic carbocycles. The van der Waals surface area contributed by atoms with Gasteiger partial charge >= 0.3 is 0 Å². The molecular formula is C66H42N8S2. The average Bonchev–Trinajstić information content (AvgIpc) is 3.54. The summed E-state index contributed by atoms with van der Waals surface area (Å²) < 4.78 is 0. The van der Waals surface area contributed by atoms with Gasteiger partial charge in [-0.15, -0.1) is 0 Å². The van der Waals surface area contributed by atoms with E-state index in [0.717, 1.165) is 78.6 Å². The Balaban J connectivity index is 0.802. The molecule has 12 aromatic rings. The number of hydrogen-bond donors (Lipinski definition) is 0. The lowest BCUT2D eigenvalue weighted by molar-refractivity contribution is 1.07. The molecule has 0 radical (unpaired) electrons. The topological polar surface area (TPSA) is 83.8 Å². The Morgan fingerprint density at radius 1 is 0.211 bits per heavy atom. The van der Waals surface area contributed by atoms with Gasteiger partial charge in [0.25, 0.3) is 0 Å². The van der Waals surface area contributed by atoms with Crippen LogP contribution in [0, 0.1) is 0 Å². The van der Waals surface area contributed by atoms with Gasteiger partial charge in [0, 0.05) is 64.3 Å². The molecule has 0 saturated carbocycles. The number of hydrogen-bond acceptors (Lipinski definition) is 10. The van der Waals surface area contributed by atoms with Crippen LogP contribution in [0.2, 0.25) is 0 Å². The minimum absolute atomic E-state index is 0.620. The van der Waals surface area contributed by atoms with Crippen LogP contribution in [-0.2, 0) is 0 Å². The minimum atomic E-state index is 0.620. The standard InChI is InChI=1S/C66H42N8S2/c1-5-17-43(18-6-1)61-67-62(44-19-7-2-8-20-44)70-65(69-61)47-29-35-51(36-30-47)73-53-25-13-16-28-58(53)76-60-42-50(33-39-55(60)73)49-34-40-59-56(41-49)74(54-26-14-15-27-57(54)75-59)52-37-31-48(32-38-52)66-71-63(45-21-9-3-10-22-45)68-64(72-66)46-23-11-4-12-24-46/h1-42H. The van der Waals surface area contributed by atoms with E-state index in [0.29, 0.717) is 34.9 Å². The molecule has 0 unspecified atom stereocenters. The Morgan fingerprint density at radius 2 is 0.500 bits per heavy atom. The van der Waals surface area contributed by atoms with Gasteiger partial charge in [0.2, 0.25) is 0 Å².